The summed E-state index contributed by atoms with van der Waals surface area (Å²) < 4.78 is 2.69. The van der Waals surface area contributed by atoms with Gasteiger partial charge in [0.25, 0.3) is 5.56 Å². The van der Waals surface area contributed by atoms with Crippen LogP contribution in [-0.2, 0) is 13.1 Å². The van der Waals surface area contributed by atoms with E-state index < -0.39 is 17.2 Å². The molecule has 1 heterocycles. The van der Waals surface area contributed by atoms with E-state index in [9.17, 15) is 14.7 Å². The van der Waals surface area contributed by atoms with Gasteiger partial charge in [-0.05, 0) is 38.9 Å². The SMILES string of the molecule is CCn1c([O-])c(C(C)=O)c(=O)n(CC)c1=S. The molecule has 0 fully saturated rings. The lowest BCUT2D eigenvalue weighted by molar-refractivity contribution is -0.280. The van der Waals surface area contributed by atoms with E-state index in [0.717, 1.165) is 0 Å². The third kappa shape index (κ3) is 1.80. The Labute approximate surface area is 98.0 Å². The molecule has 0 unspecified atom stereocenters. The van der Waals surface area contributed by atoms with E-state index in [4.69, 9.17) is 12.2 Å². The molecule has 0 aromatic carbocycles. The van der Waals surface area contributed by atoms with Crippen LogP contribution in [-0.4, -0.2) is 14.9 Å². The van der Waals surface area contributed by atoms with E-state index in [1.165, 1.54) is 16.1 Å². The Kier molecular flexibility index (Phi) is 3.64. The van der Waals surface area contributed by atoms with Crippen molar-refractivity contribution in [3.63, 3.8) is 0 Å². The van der Waals surface area contributed by atoms with E-state index in [-0.39, 0.29) is 10.3 Å². The molecule has 0 saturated heterocycles. The van der Waals surface area contributed by atoms with E-state index >= 15 is 0 Å². The van der Waals surface area contributed by atoms with Gasteiger partial charge in [0.05, 0.1) is 5.56 Å². The molecule has 88 valence electrons. The van der Waals surface area contributed by atoms with Crippen molar-refractivity contribution in [2.75, 3.05) is 0 Å². The molecule has 0 saturated carbocycles. The average Bonchev–Trinajstić information content (AvgIpc) is 2.18. The fourth-order valence-electron chi connectivity index (χ4n) is 1.54. The predicted octanol–water partition coefficient (Wildman–Crippen LogP) is 0.695. The minimum Gasteiger partial charge on any atom is -0.859 e. The highest BCUT2D eigenvalue weighted by Crippen LogP contribution is 2.11. The molecule has 0 aliphatic heterocycles. The fourth-order valence-corrected chi connectivity index (χ4v) is 1.96. The molecule has 0 aliphatic carbocycles. The first-order valence-corrected chi connectivity index (χ1v) is 5.42. The lowest BCUT2D eigenvalue weighted by Gasteiger charge is -2.21. The van der Waals surface area contributed by atoms with Gasteiger partial charge in [-0.1, -0.05) is 0 Å². The summed E-state index contributed by atoms with van der Waals surface area (Å²) in [6.07, 6.45) is 0. The highest BCUT2D eigenvalue weighted by molar-refractivity contribution is 7.71. The number of Topliss-reactive ketones (excluding diaryl/α,β-unsaturated/α-hetero) is 1. The zero-order valence-corrected chi connectivity index (χ0v) is 10.3. The second-order valence-electron chi connectivity index (χ2n) is 3.31. The summed E-state index contributed by atoms with van der Waals surface area (Å²) in [6.45, 7) is 5.38. The number of nitrogens with zero attached hydrogens (tertiary/aromatic N) is 2. The van der Waals surface area contributed by atoms with E-state index in [2.05, 4.69) is 0 Å². The van der Waals surface area contributed by atoms with Crippen LogP contribution in [0.25, 0.3) is 0 Å². The van der Waals surface area contributed by atoms with Gasteiger partial charge in [-0.15, -0.1) is 0 Å². The maximum absolute atomic E-state index is 11.8. The summed E-state index contributed by atoms with van der Waals surface area (Å²) in [5.41, 5.74) is -0.896. The fraction of sp³-hybridized carbons (Fsp3) is 0.500. The standard InChI is InChI=1S/C10H14N2O3S/c1-4-11-8(14)7(6(3)13)9(15)12(5-2)10(11)16/h14H,4-5H2,1-3H3/p-1. The minimum absolute atomic E-state index is 0.171. The highest BCUT2D eigenvalue weighted by Gasteiger charge is 2.13. The summed E-state index contributed by atoms with van der Waals surface area (Å²) in [7, 11) is 0. The van der Waals surface area contributed by atoms with Crippen LogP contribution in [0.4, 0.5) is 0 Å². The molecule has 5 nitrogen and oxygen atoms in total. The maximum Gasteiger partial charge on any atom is 0.264 e. The zero-order valence-electron chi connectivity index (χ0n) is 9.44. The number of carbonyl (C=O) groups excluding carboxylic acids is 1. The predicted molar refractivity (Wildman–Crippen MR) is 60.3 cm³/mol. The van der Waals surface area contributed by atoms with Crippen LogP contribution in [0.2, 0.25) is 0 Å². The highest BCUT2D eigenvalue weighted by atomic mass is 32.1. The van der Waals surface area contributed by atoms with Crippen molar-refractivity contribution in [2.45, 2.75) is 33.9 Å². The van der Waals surface area contributed by atoms with E-state index in [1.54, 1.807) is 13.8 Å². The summed E-state index contributed by atoms with van der Waals surface area (Å²) >= 11 is 5.03. The lowest BCUT2D eigenvalue weighted by Crippen LogP contribution is -2.32. The molecule has 0 bridgehead atoms. The number of ketones is 1. The van der Waals surface area contributed by atoms with E-state index in [1.807, 2.05) is 0 Å². The van der Waals surface area contributed by atoms with Crippen LogP contribution in [0.3, 0.4) is 0 Å². The first-order chi connectivity index (χ1) is 7.45. The number of hydrogen-bond acceptors (Lipinski definition) is 4. The molecular weight excluding hydrogens is 228 g/mol. The Balaban J connectivity index is 3.85. The van der Waals surface area contributed by atoms with Gasteiger partial charge in [-0.2, -0.15) is 0 Å². The molecule has 0 radical (unpaired) electrons. The molecule has 0 amide bonds. The van der Waals surface area contributed by atoms with Gasteiger partial charge < -0.3 is 9.67 Å². The second-order valence-corrected chi connectivity index (χ2v) is 3.68. The molecule has 1 rings (SSSR count). The molecule has 1 aromatic rings. The van der Waals surface area contributed by atoms with Crippen molar-refractivity contribution in [2.24, 2.45) is 0 Å². The average molecular weight is 241 g/mol. The van der Waals surface area contributed by atoms with Gasteiger partial charge in [0, 0.05) is 13.1 Å². The molecule has 0 aliphatic rings. The molecular formula is C10H13N2O3S-. The summed E-state index contributed by atoms with van der Waals surface area (Å²) in [5.74, 6) is -1.11. The van der Waals surface area contributed by atoms with E-state index in [0.29, 0.717) is 13.1 Å². The first kappa shape index (κ1) is 12.6. The maximum atomic E-state index is 11.8. The summed E-state index contributed by atoms with van der Waals surface area (Å²) in [6, 6.07) is 0. The van der Waals surface area contributed by atoms with Gasteiger partial charge in [0.2, 0.25) is 0 Å². The van der Waals surface area contributed by atoms with Crippen molar-refractivity contribution >= 4 is 18.0 Å². The zero-order chi connectivity index (χ0) is 12.5. The normalized spacial score (nSPS) is 10.4. The lowest BCUT2D eigenvalue weighted by atomic mass is 10.2. The van der Waals surface area contributed by atoms with Gasteiger partial charge in [-0.3, -0.25) is 14.2 Å². The first-order valence-electron chi connectivity index (χ1n) is 5.01. The van der Waals surface area contributed by atoms with Crippen molar-refractivity contribution < 1.29 is 9.90 Å². The van der Waals surface area contributed by atoms with Crippen molar-refractivity contribution in [1.82, 2.24) is 9.13 Å². The Hall–Kier alpha value is -1.43. The summed E-state index contributed by atoms with van der Waals surface area (Å²) in [4.78, 5) is 23.1. The summed E-state index contributed by atoms with van der Waals surface area (Å²) in [5, 5.41) is 11.8. The Morgan fingerprint density at radius 1 is 1.31 bits per heavy atom. The number of carbonyl (C=O) groups is 1. The van der Waals surface area contributed by atoms with Crippen LogP contribution in [0.5, 0.6) is 5.88 Å². The van der Waals surface area contributed by atoms with Crippen LogP contribution in [0.15, 0.2) is 4.79 Å². The van der Waals surface area contributed by atoms with Crippen molar-refractivity contribution in [3.05, 3.63) is 20.7 Å². The van der Waals surface area contributed by atoms with Crippen LogP contribution in [0.1, 0.15) is 31.1 Å². The molecule has 6 heteroatoms. The van der Waals surface area contributed by atoms with Crippen molar-refractivity contribution in [1.29, 1.82) is 0 Å². The third-order valence-electron chi connectivity index (χ3n) is 2.36. The number of aromatic nitrogens is 2. The molecule has 16 heavy (non-hydrogen) atoms. The molecule has 0 N–H and O–H groups in total. The smallest absolute Gasteiger partial charge is 0.264 e. The quantitative estimate of drug-likeness (QED) is 0.577. The minimum atomic E-state index is -0.588. The monoisotopic (exact) mass is 241 g/mol. The van der Waals surface area contributed by atoms with Gasteiger partial charge in [0.15, 0.2) is 10.6 Å². The van der Waals surface area contributed by atoms with Crippen molar-refractivity contribution in [3.8, 4) is 5.88 Å². The molecule has 1 aromatic heterocycles. The largest absolute Gasteiger partial charge is 0.859 e. The second kappa shape index (κ2) is 4.61. The topological polar surface area (TPSA) is 67.1 Å². The molecule has 0 spiro atoms. The molecule has 0 atom stereocenters. The van der Waals surface area contributed by atoms with Crippen LogP contribution < -0.4 is 10.7 Å². The van der Waals surface area contributed by atoms with Crippen LogP contribution in [0, 0.1) is 4.77 Å². The number of hydrogen-bond donors (Lipinski definition) is 0. The number of rotatable bonds is 3. The van der Waals surface area contributed by atoms with Gasteiger partial charge in [0.1, 0.15) is 0 Å². The Morgan fingerprint density at radius 3 is 2.19 bits per heavy atom. The van der Waals surface area contributed by atoms with Crippen LogP contribution >= 0.6 is 12.2 Å². The Bertz CT molecular complexity index is 542. The third-order valence-corrected chi connectivity index (χ3v) is 2.81. The van der Waals surface area contributed by atoms with Gasteiger partial charge in [-0.25, -0.2) is 0 Å². The Morgan fingerprint density at radius 2 is 1.81 bits per heavy atom. The van der Waals surface area contributed by atoms with Gasteiger partial charge >= 0.3 is 0 Å².